The lowest BCUT2D eigenvalue weighted by molar-refractivity contribution is -1.02. The molecule has 0 unspecified atom stereocenters. The lowest BCUT2D eigenvalue weighted by Gasteiger charge is -2.30. The fourth-order valence-electron chi connectivity index (χ4n) is 4.15. The number of hydrogen-bond acceptors (Lipinski definition) is 5. The Morgan fingerprint density at radius 1 is 0.724 bits per heavy atom. The van der Waals surface area contributed by atoms with Gasteiger partial charge >= 0.3 is 0 Å². The second kappa shape index (κ2) is 8.80. The van der Waals surface area contributed by atoms with Crippen LogP contribution in [0.15, 0.2) is 30.3 Å². The average molecular weight is 402 g/mol. The lowest BCUT2D eigenvalue weighted by atomic mass is 10.1. The Hall–Kier alpha value is -2.64. The second-order valence-electron chi connectivity index (χ2n) is 7.56. The van der Waals surface area contributed by atoms with E-state index in [1.807, 2.05) is 18.2 Å². The van der Waals surface area contributed by atoms with Crippen molar-refractivity contribution in [3.8, 4) is 28.7 Å². The molecule has 4 rings (SSSR count). The third kappa shape index (κ3) is 4.36. The first kappa shape index (κ1) is 19.7. The van der Waals surface area contributed by atoms with Crippen LogP contribution in [0.3, 0.4) is 0 Å². The molecule has 2 N–H and O–H groups in total. The first-order chi connectivity index (χ1) is 14.2. The molecule has 7 nitrogen and oxygen atoms in total. The summed E-state index contributed by atoms with van der Waals surface area (Å²) >= 11 is 0. The molecule has 2 aromatic rings. The maximum Gasteiger partial charge on any atom is 0.231 e. The molecule has 0 radical (unpaired) electrons. The summed E-state index contributed by atoms with van der Waals surface area (Å²) in [6.07, 6.45) is 0. The van der Waals surface area contributed by atoms with Crippen molar-refractivity contribution in [1.82, 2.24) is 0 Å². The van der Waals surface area contributed by atoms with Crippen LogP contribution in [0.4, 0.5) is 0 Å². The van der Waals surface area contributed by atoms with E-state index in [2.05, 4.69) is 12.1 Å². The maximum absolute atomic E-state index is 5.59. The van der Waals surface area contributed by atoms with Crippen molar-refractivity contribution in [2.75, 3.05) is 54.3 Å². The Labute approximate surface area is 171 Å². The van der Waals surface area contributed by atoms with Crippen molar-refractivity contribution in [1.29, 1.82) is 0 Å². The van der Waals surface area contributed by atoms with E-state index in [1.165, 1.54) is 5.56 Å². The molecule has 0 spiro atoms. The Morgan fingerprint density at radius 2 is 1.34 bits per heavy atom. The lowest BCUT2D eigenvalue weighted by Crippen LogP contribution is -3.27. The molecule has 0 saturated carbocycles. The van der Waals surface area contributed by atoms with Gasteiger partial charge in [-0.1, -0.05) is 0 Å². The van der Waals surface area contributed by atoms with E-state index in [-0.39, 0.29) is 0 Å². The van der Waals surface area contributed by atoms with E-state index in [0.29, 0.717) is 12.5 Å². The number of ether oxygens (including phenoxy) is 5. The molecule has 156 valence electrons. The van der Waals surface area contributed by atoms with Crippen LogP contribution >= 0.6 is 0 Å². The van der Waals surface area contributed by atoms with Crippen LogP contribution in [0.2, 0.25) is 0 Å². The minimum Gasteiger partial charge on any atom is -0.496 e. The molecule has 2 aliphatic rings. The van der Waals surface area contributed by atoms with Crippen LogP contribution in [0.25, 0.3) is 0 Å². The summed E-state index contributed by atoms with van der Waals surface area (Å²) in [5, 5.41) is 0. The van der Waals surface area contributed by atoms with Crippen LogP contribution in [0.1, 0.15) is 11.1 Å². The van der Waals surface area contributed by atoms with Gasteiger partial charge in [0.05, 0.1) is 26.9 Å². The molecule has 2 aliphatic heterocycles. The smallest absolute Gasteiger partial charge is 0.231 e. The summed E-state index contributed by atoms with van der Waals surface area (Å²) in [6, 6.07) is 10.2. The zero-order valence-corrected chi connectivity index (χ0v) is 17.4. The zero-order valence-electron chi connectivity index (χ0n) is 17.4. The van der Waals surface area contributed by atoms with Gasteiger partial charge in [-0.05, 0) is 24.3 Å². The second-order valence-corrected chi connectivity index (χ2v) is 7.56. The van der Waals surface area contributed by atoms with Crippen molar-refractivity contribution in [3.63, 3.8) is 0 Å². The summed E-state index contributed by atoms with van der Waals surface area (Å²) in [4.78, 5) is 3.16. The van der Waals surface area contributed by atoms with Crippen molar-refractivity contribution in [2.24, 2.45) is 0 Å². The van der Waals surface area contributed by atoms with Crippen molar-refractivity contribution < 1.29 is 33.5 Å². The van der Waals surface area contributed by atoms with Gasteiger partial charge in [0.25, 0.3) is 0 Å². The van der Waals surface area contributed by atoms with Gasteiger partial charge in [0.2, 0.25) is 6.79 Å². The average Bonchev–Trinajstić information content (AvgIpc) is 3.22. The summed E-state index contributed by atoms with van der Waals surface area (Å²) in [6.45, 7) is 6.78. The topological polar surface area (TPSA) is 55.0 Å². The first-order valence-electron chi connectivity index (χ1n) is 10.0. The largest absolute Gasteiger partial charge is 0.496 e. The van der Waals surface area contributed by atoms with Gasteiger partial charge in [0.1, 0.15) is 45.0 Å². The van der Waals surface area contributed by atoms with Crippen LogP contribution in [-0.2, 0) is 13.1 Å². The highest BCUT2D eigenvalue weighted by Gasteiger charge is 2.25. The molecule has 0 bridgehead atoms. The number of methoxy groups -OCH3 is 3. The molecule has 7 heteroatoms. The fraction of sp³-hybridized carbons (Fsp3) is 0.455. The predicted molar refractivity (Wildman–Crippen MR) is 107 cm³/mol. The maximum atomic E-state index is 5.59. The number of rotatable bonds is 7. The molecule has 1 saturated heterocycles. The number of fused-ring (bicyclic) bond motifs is 1. The van der Waals surface area contributed by atoms with E-state index < -0.39 is 0 Å². The van der Waals surface area contributed by atoms with Gasteiger partial charge in [-0.3, -0.25) is 0 Å². The highest BCUT2D eigenvalue weighted by Crippen LogP contribution is 2.34. The van der Waals surface area contributed by atoms with E-state index in [0.717, 1.165) is 67.8 Å². The van der Waals surface area contributed by atoms with Crippen molar-refractivity contribution in [3.05, 3.63) is 41.5 Å². The minimum absolute atomic E-state index is 0.327. The van der Waals surface area contributed by atoms with Gasteiger partial charge in [-0.25, -0.2) is 0 Å². The fourth-order valence-corrected chi connectivity index (χ4v) is 4.15. The van der Waals surface area contributed by atoms with Crippen LogP contribution in [-0.4, -0.2) is 54.3 Å². The Bertz CT molecular complexity index is 849. The van der Waals surface area contributed by atoms with E-state index >= 15 is 0 Å². The molecule has 0 atom stereocenters. The monoisotopic (exact) mass is 402 g/mol. The number of benzene rings is 2. The summed E-state index contributed by atoms with van der Waals surface area (Å²) in [7, 11) is 5.01. The number of quaternary nitrogens is 2. The molecular weight excluding hydrogens is 372 g/mol. The SMILES string of the molecule is COc1cc(OC)c(OC)cc1C[NH+]1CC[NH+](Cc2ccc3c(c2)OCO3)CC1. The van der Waals surface area contributed by atoms with E-state index in [9.17, 15) is 0 Å². The standard InChI is InChI=1S/C22H28N2O5/c1-25-19-12-21(27-3)20(26-2)11-17(19)14-24-8-6-23(7-9-24)13-16-4-5-18-22(10-16)29-15-28-18/h4-5,10-12H,6-9,13-15H2,1-3H3/p+2. The minimum atomic E-state index is 0.327. The van der Waals surface area contributed by atoms with Gasteiger partial charge in [0, 0.05) is 11.6 Å². The number of hydrogen-bond donors (Lipinski definition) is 2. The zero-order chi connectivity index (χ0) is 20.2. The number of piperazine rings is 1. The normalized spacial score (nSPS) is 20.4. The molecule has 0 aliphatic carbocycles. The van der Waals surface area contributed by atoms with Crippen LogP contribution in [0.5, 0.6) is 28.7 Å². The Balaban J connectivity index is 1.35. The van der Waals surface area contributed by atoms with Gasteiger partial charge in [-0.15, -0.1) is 0 Å². The summed E-state index contributed by atoms with van der Waals surface area (Å²) in [5.74, 6) is 4.01. The van der Waals surface area contributed by atoms with Crippen molar-refractivity contribution >= 4 is 0 Å². The summed E-state index contributed by atoms with van der Waals surface area (Å²) in [5.41, 5.74) is 2.45. The predicted octanol–water partition coefficient (Wildman–Crippen LogP) is -0.0753. The first-order valence-corrected chi connectivity index (χ1v) is 10.0. The highest BCUT2D eigenvalue weighted by atomic mass is 16.7. The number of nitrogens with one attached hydrogen (secondary N) is 2. The third-order valence-corrected chi connectivity index (χ3v) is 5.78. The molecule has 2 aromatic carbocycles. The molecule has 0 aromatic heterocycles. The van der Waals surface area contributed by atoms with Gasteiger partial charge in [-0.2, -0.15) is 0 Å². The summed E-state index contributed by atoms with van der Waals surface area (Å²) < 4.78 is 27.4. The van der Waals surface area contributed by atoms with Gasteiger partial charge in [0.15, 0.2) is 23.0 Å². The van der Waals surface area contributed by atoms with E-state index in [1.54, 1.807) is 31.1 Å². The van der Waals surface area contributed by atoms with E-state index in [4.69, 9.17) is 23.7 Å². The molecular formula is C22H30N2O5+2. The third-order valence-electron chi connectivity index (χ3n) is 5.78. The Morgan fingerprint density at radius 3 is 2.03 bits per heavy atom. The molecule has 0 amide bonds. The van der Waals surface area contributed by atoms with Crippen molar-refractivity contribution in [2.45, 2.75) is 13.1 Å². The molecule has 2 heterocycles. The van der Waals surface area contributed by atoms with Crippen LogP contribution in [0, 0.1) is 0 Å². The van der Waals surface area contributed by atoms with Gasteiger partial charge < -0.3 is 33.5 Å². The van der Waals surface area contributed by atoms with Crippen LogP contribution < -0.4 is 33.5 Å². The molecule has 1 fully saturated rings. The quantitative estimate of drug-likeness (QED) is 0.679. The Kier molecular flexibility index (Phi) is 5.97. The molecule has 29 heavy (non-hydrogen) atoms. The highest BCUT2D eigenvalue weighted by molar-refractivity contribution is 5.50.